The maximum Gasteiger partial charge on any atom is 0.245 e. The van der Waals surface area contributed by atoms with E-state index in [9.17, 15) is 18.0 Å². The first-order valence-electron chi connectivity index (χ1n) is 7.54. The summed E-state index contributed by atoms with van der Waals surface area (Å²) in [6.07, 6.45) is 0.911. The van der Waals surface area contributed by atoms with E-state index >= 15 is 0 Å². The molecule has 0 saturated carbocycles. The third kappa shape index (κ3) is 4.43. The van der Waals surface area contributed by atoms with E-state index in [-0.39, 0.29) is 29.2 Å². The summed E-state index contributed by atoms with van der Waals surface area (Å²) in [5.41, 5.74) is 0. The van der Waals surface area contributed by atoms with Gasteiger partial charge in [-0.3, -0.25) is 9.59 Å². The van der Waals surface area contributed by atoms with Crippen molar-refractivity contribution < 1.29 is 18.0 Å². The van der Waals surface area contributed by atoms with Gasteiger partial charge in [-0.25, -0.2) is 8.42 Å². The third-order valence-corrected chi connectivity index (χ3v) is 5.63. The van der Waals surface area contributed by atoms with Gasteiger partial charge in [-0.05, 0) is 18.8 Å². The van der Waals surface area contributed by atoms with Crippen LogP contribution in [0.2, 0.25) is 0 Å². The molecule has 0 aliphatic carbocycles. The number of hydrogen-bond acceptors (Lipinski definition) is 4. The van der Waals surface area contributed by atoms with Gasteiger partial charge in [0.05, 0.1) is 5.75 Å². The van der Waals surface area contributed by atoms with Crippen molar-refractivity contribution in [2.24, 2.45) is 5.92 Å². The zero-order valence-electron chi connectivity index (χ0n) is 13.3. The lowest BCUT2D eigenvalue weighted by Crippen LogP contribution is -2.64. The third-order valence-electron chi connectivity index (χ3n) is 3.84. The van der Waals surface area contributed by atoms with Crippen LogP contribution >= 0.6 is 0 Å². The predicted molar refractivity (Wildman–Crippen MR) is 81.5 cm³/mol. The molecule has 7 heteroatoms. The van der Waals surface area contributed by atoms with Crippen molar-refractivity contribution in [1.82, 2.24) is 10.2 Å². The Balaban J connectivity index is 2.81. The number of rotatable bonds is 7. The summed E-state index contributed by atoms with van der Waals surface area (Å²) in [6.45, 7) is 7.54. The summed E-state index contributed by atoms with van der Waals surface area (Å²) in [7, 11) is -3.05. The minimum atomic E-state index is -3.05. The van der Waals surface area contributed by atoms with Crippen LogP contribution in [0.4, 0.5) is 0 Å². The van der Waals surface area contributed by atoms with Crippen molar-refractivity contribution >= 4 is 21.7 Å². The second kappa shape index (κ2) is 7.24. The number of nitrogens with one attached hydrogen (secondary N) is 1. The van der Waals surface area contributed by atoms with E-state index in [1.165, 1.54) is 0 Å². The lowest BCUT2D eigenvalue weighted by atomic mass is 9.96. The highest BCUT2D eigenvalue weighted by atomic mass is 32.2. The molecule has 2 amide bonds. The smallest absolute Gasteiger partial charge is 0.245 e. The molecule has 0 aromatic heterocycles. The molecule has 2 unspecified atom stereocenters. The second-order valence-electron chi connectivity index (χ2n) is 5.78. The average molecular weight is 318 g/mol. The fourth-order valence-corrected chi connectivity index (χ4v) is 3.44. The molecule has 2 atom stereocenters. The van der Waals surface area contributed by atoms with Crippen molar-refractivity contribution in [2.45, 2.75) is 52.6 Å². The monoisotopic (exact) mass is 318 g/mol. The van der Waals surface area contributed by atoms with E-state index in [2.05, 4.69) is 5.32 Å². The highest BCUT2D eigenvalue weighted by molar-refractivity contribution is 7.91. The molecule has 122 valence electrons. The minimum absolute atomic E-state index is 0.00506. The lowest BCUT2D eigenvalue weighted by molar-refractivity contribution is -0.151. The lowest BCUT2D eigenvalue weighted by Gasteiger charge is -2.40. The van der Waals surface area contributed by atoms with Gasteiger partial charge < -0.3 is 10.2 Å². The van der Waals surface area contributed by atoms with Crippen LogP contribution in [0.15, 0.2) is 0 Å². The number of carbonyl (C=O) groups excluding carboxylic acids is 2. The predicted octanol–water partition coefficient (Wildman–Crippen LogP) is 0.573. The van der Waals surface area contributed by atoms with Crippen molar-refractivity contribution in [1.29, 1.82) is 0 Å². The summed E-state index contributed by atoms with van der Waals surface area (Å²) in [5, 5.41) is 2.75. The first kappa shape index (κ1) is 17.9. The molecule has 1 N–H and O–H groups in total. The van der Waals surface area contributed by atoms with Crippen LogP contribution in [0.1, 0.15) is 40.5 Å². The Morgan fingerprint density at radius 2 is 1.86 bits per heavy atom. The van der Waals surface area contributed by atoms with Crippen LogP contribution in [0.25, 0.3) is 0 Å². The summed E-state index contributed by atoms with van der Waals surface area (Å²) in [6, 6.07) is -1.00. The first-order chi connectivity index (χ1) is 9.73. The number of piperazine rings is 1. The van der Waals surface area contributed by atoms with Gasteiger partial charge in [-0.15, -0.1) is 0 Å². The van der Waals surface area contributed by atoms with E-state index in [0.29, 0.717) is 19.4 Å². The number of sulfone groups is 1. The van der Waals surface area contributed by atoms with Gasteiger partial charge in [0.15, 0.2) is 0 Å². The average Bonchev–Trinajstić information content (AvgIpc) is 2.41. The topological polar surface area (TPSA) is 83.6 Å². The van der Waals surface area contributed by atoms with Crippen LogP contribution < -0.4 is 5.32 Å². The van der Waals surface area contributed by atoms with E-state index in [4.69, 9.17) is 0 Å². The van der Waals surface area contributed by atoms with Gasteiger partial charge in [-0.2, -0.15) is 0 Å². The van der Waals surface area contributed by atoms with Crippen LogP contribution in [0.3, 0.4) is 0 Å². The molecule has 6 nitrogen and oxygen atoms in total. The molecule has 1 aliphatic heterocycles. The molecule has 0 aromatic rings. The number of amides is 2. The van der Waals surface area contributed by atoms with Crippen LogP contribution in [0.5, 0.6) is 0 Å². The van der Waals surface area contributed by atoms with Crippen molar-refractivity contribution in [3.05, 3.63) is 0 Å². The van der Waals surface area contributed by atoms with Gasteiger partial charge in [0.25, 0.3) is 0 Å². The molecule has 1 fully saturated rings. The zero-order chi connectivity index (χ0) is 16.2. The standard InChI is InChI=1S/C14H26N2O4S/c1-5-11-14(18)16(8-7-9-21(19,20)6-2)12(10(3)4)13(17)15-11/h10-12H,5-9H2,1-4H3,(H,15,17). The van der Waals surface area contributed by atoms with Crippen LogP contribution in [-0.4, -0.2) is 55.3 Å². The molecule has 0 radical (unpaired) electrons. The minimum Gasteiger partial charge on any atom is -0.343 e. The SMILES string of the molecule is CCC1NC(=O)C(C(C)C)N(CCCS(=O)(=O)CC)C1=O. The molecular weight excluding hydrogens is 292 g/mol. The maximum absolute atomic E-state index is 12.4. The van der Waals surface area contributed by atoms with Crippen LogP contribution in [-0.2, 0) is 19.4 Å². The fraction of sp³-hybridized carbons (Fsp3) is 0.857. The highest BCUT2D eigenvalue weighted by Crippen LogP contribution is 2.19. The Bertz CT molecular complexity index is 487. The van der Waals surface area contributed by atoms with Gasteiger partial charge >= 0.3 is 0 Å². The van der Waals surface area contributed by atoms with Gasteiger partial charge in [-0.1, -0.05) is 27.7 Å². The molecule has 0 aromatic carbocycles. The molecule has 1 heterocycles. The quantitative estimate of drug-likeness (QED) is 0.744. The summed E-state index contributed by atoms with van der Waals surface area (Å²) in [5.74, 6) is -0.0996. The van der Waals surface area contributed by atoms with Crippen molar-refractivity contribution in [3.63, 3.8) is 0 Å². The Labute approximate surface area is 127 Å². The van der Waals surface area contributed by atoms with Crippen molar-refractivity contribution in [2.75, 3.05) is 18.1 Å². The Morgan fingerprint density at radius 1 is 1.24 bits per heavy atom. The van der Waals surface area contributed by atoms with Crippen molar-refractivity contribution in [3.8, 4) is 0 Å². The molecule has 0 spiro atoms. The summed E-state index contributed by atoms with van der Waals surface area (Å²) >= 11 is 0. The number of carbonyl (C=O) groups is 2. The Kier molecular flexibility index (Phi) is 6.19. The highest BCUT2D eigenvalue weighted by Gasteiger charge is 2.40. The summed E-state index contributed by atoms with van der Waals surface area (Å²) in [4.78, 5) is 26.1. The maximum atomic E-state index is 12.4. The van der Waals surface area contributed by atoms with E-state index in [1.807, 2.05) is 20.8 Å². The Morgan fingerprint density at radius 3 is 2.33 bits per heavy atom. The molecule has 1 saturated heterocycles. The van der Waals surface area contributed by atoms with Gasteiger partial charge in [0.1, 0.15) is 21.9 Å². The molecule has 1 rings (SSSR count). The van der Waals surface area contributed by atoms with E-state index in [1.54, 1.807) is 11.8 Å². The van der Waals surface area contributed by atoms with Gasteiger partial charge in [0.2, 0.25) is 11.8 Å². The largest absolute Gasteiger partial charge is 0.343 e. The normalized spacial score (nSPS) is 23.6. The van der Waals surface area contributed by atoms with E-state index < -0.39 is 21.9 Å². The Hall–Kier alpha value is -1.11. The fourth-order valence-electron chi connectivity index (χ4n) is 2.59. The molecule has 21 heavy (non-hydrogen) atoms. The van der Waals surface area contributed by atoms with E-state index in [0.717, 1.165) is 0 Å². The molecule has 0 bridgehead atoms. The number of nitrogens with zero attached hydrogens (tertiary/aromatic N) is 1. The molecule has 1 aliphatic rings. The van der Waals surface area contributed by atoms with Gasteiger partial charge in [0, 0.05) is 12.3 Å². The molecular formula is C14H26N2O4S. The van der Waals surface area contributed by atoms with Crippen LogP contribution in [0, 0.1) is 5.92 Å². The number of hydrogen-bond donors (Lipinski definition) is 1. The second-order valence-corrected chi connectivity index (χ2v) is 8.25. The summed E-state index contributed by atoms with van der Waals surface area (Å²) < 4.78 is 23.1. The zero-order valence-corrected chi connectivity index (χ0v) is 14.1. The first-order valence-corrected chi connectivity index (χ1v) is 9.36.